The molecule has 8 heteroatoms. The summed E-state index contributed by atoms with van der Waals surface area (Å²) in [5.74, 6) is 0.796. The number of nitrogens with one attached hydrogen (secondary N) is 2. The summed E-state index contributed by atoms with van der Waals surface area (Å²) in [6, 6.07) is 10.3. The van der Waals surface area contributed by atoms with Gasteiger partial charge < -0.3 is 20.1 Å². The van der Waals surface area contributed by atoms with E-state index < -0.39 is 0 Å². The maximum Gasteiger partial charge on any atom is 0.191 e. The fourth-order valence-electron chi connectivity index (χ4n) is 2.75. The van der Waals surface area contributed by atoms with E-state index in [1.54, 1.807) is 6.20 Å². The molecule has 2 rings (SSSR count). The van der Waals surface area contributed by atoms with Gasteiger partial charge >= 0.3 is 0 Å². The molecule has 0 spiro atoms. The molecule has 168 valence electrons. The third-order valence-corrected chi connectivity index (χ3v) is 4.31. The Bertz CT molecular complexity index is 695. The van der Waals surface area contributed by atoms with Crippen molar-refractivity contribution in [1.29, 1.82) is 0 Å². The highest BCUT2D eigenvalue weighted by molar-refractivity contribution is 14.0. The number of guanidine groups is 1. The molecule has 0 aliphatic carbocycles. The maximum absolute atomic E-state index is 5.60. The Balaban J connectivity index is 0.00000450. The Kier molecular flexibility index (Phi) is 15.0. The van der Waals surface area contributed by atoms with Gasteiger partial charge in [-0.3, -0.25) is 4.68 Å². The van der Waals surface area contributed by atoms with Gasteiger partial charge in [0, 0.05) is 32.1 Å². The smallest absolute Gasteiger partial charge is 0.191 e. The number of hydrogen-bond acceptors (Lipinski definition) is 4. The number of unbranched alkanes of at least 4 members (excludes halogenated alkanes) is 1. The predicted molar refractivity (Wildman–Crippen MR) is 133 cm³/mol. The molecule has 2 N–H and O–H groups in total. The van der Waals surface area contributed by atoms with Gasteiger partial charge in [-0.15, -0.1) is 24.0 Å². The first kappa shape index (κ1) is 26.4. The minimum absolute atomic E-state index is 0. The number of nitrogens with zero attached hydrogens (tertiary/aromatic N) is 3. The molecular weight excluding hydrogens is 493 g/mol. The normalized spacial score (nSPS) is 11.2. The van der Waals surface area contributed by atoms with Gasteiger partial charge in [0.2, 0.25) is 0 Å². The number of hydrogen-bond donors (Lipinski definition) is 2. The number of halogens is 1. The van der Waals surface area contributed by atoms with Crippen molar-refractivity contribution in [1.82, 2.24) is 20.4 Å². The standard InChI is InChI=1S/C22H35N5O2.HI/c1-3-5-14-28-16-17-29-15-12-24-22(23-4-2)25-18-20-9-6-7-10-21(20)19-27-13-8-11-26-27;/h6-11,13H,3-5,12,14-19H2,1-2H3,(H2,23,24,25);1H. The lowest BCUT2D eigenvalue weighted by atomic mass is 10.1. The van der Waals surface area contributed by atoms with Crippen molar-refractivity contribution in [3.05, 3.63) is 53.9 Å². The lowest BCUT2D eigenvalue weighted by Crippen LogP contribution is -2.39. The number of rotatable bonds is 14. The van der Waals surface area contributed by atoms with Gasteiger partial charge in [-0.05, 0) is 30.5 Å². The van der Waals surface area contributed by atoms with Crippen molar-refractivity contribution in [2.45, 2.75) is 39.8 Å². The van der Waals surface area contributed by atoms with Gasteiger partial charge in [-0.2, -0.15) is 5.10 Å². The van der Waals surface area contributed by atoms with Crippen LogP contribution in [-0.4, -0.2) is 55.3 Å². The Morgan fingerprint density at radius 3 is 2.47 bits per heavy atom. The van der Waals surface area contributed by atoms with Crippen LogP contribution >= 0.6 is 24.0 Å². The van der Waals surface area contributed by atoms with E-state index in [1.165, 1.54) is 11.1 Å². The van der Waals surface area contributed by atoms with Gasteiger partial charge in [0.1, 0.15) is 0 Å². The van der Waals surface area contributed by atoms with Gasteiger partial charge in [0.15, 0.2) is 5.96 Å². The molecule has 0 aliphatic rings. The largest absolute Gasteiger partial charge is 0.379 e. The third kappa shape index (κ3) is 10.9. The Morgan fingerprint density at radius 2 is 1.77 bits per heavy atom. The van der Waals surface area contributed by atoms with Crippen molar-refractivity contribution in [2.24, 2.45) is 4.99 Å². The molecule has 7 nitrogen and oxygen atoms in total. The topological polar surface area (TPSA) is 72.7 Å². The Hall–Kier alpha value is -1.65. The van der Waals surface area contributed by atoms with Crippen LogP contribution in [0.1, 0.15) is 37.8 Å². The van der Waals surface area contributed by atoms with E-state index >= 15 is 0 Å². The zero-order valence-electron chi connectivity index (χ0n) is 18.2. The highest BCUT2D eigenvalue weighted by Crippen LogP contribution is 2.11. The highest BCUT2D eigenvalue weighted by Gasteiger charge is 2.04. The fraction of sp³-hybridized carbons (Fsp3) is 0.545. The van der Waals surface area contributed by atoms with E-state index in [0.29, 0.717) is 32.9 Å². The molecule has 0 amide bonds. The van der Waals surface area contributed by atoms with E-state index in [-0.39, 0.29) is 24.0 Å². The first-order valence-corrected chi connectivity index (χ1v) is 10.5. The summed E-state index contributed by atoms with van der Waals surface area (Å²) in [7, 11) is 0. The number of aromatic nitrogens is 2. The van der Waals surface area contributed by atoms with Gasteiger partial charge in [0.25, 0.3) is 0 Å². The minimum atomic E-state index is 0. The van der Waals surface area contributed by atoms with Crippen molar-refractivity contribution >= 4 is 29.9 Å². The van der Waals surface area contributed by atoms with E-state index in [9.17, 15) is 0 Å². The first-order chi connectivity index (χ1) is 14.3. The molecule has 0 saturated carbocycles. The third-order valence-electron chi connectivity index (χ3n) is 4.31. The van der Waals surface area contributed by atoms with Gasteiger partial charge in [0.05, 0.1) is 32.9 Å². The number of benzene rings is 1. The van der Waals surface area contributed by atoms with Crippen LogP contribution in [0.5, 0.6) is 0 Å². The Morgan fingerprint density at radius 1 is 1.00 bits per heavy atom. The van der Waals surface area contributed by atoms with Crippen molar-refractivity contribution in [2.75, 3.05) is 39.5 Å². The molecule has 0 atom stereocenters. The van der Waals surface area contributed by atoms with Crippen LogP contribution in [-0.2, 0) is 22.6 Å². The molecule has 0 unspecified atom stereocenters. The molecule has 30 heavy (non-hydrogen) atoms. The van der Waals surface area contributed by atoms with Crippen LogP contribution in [0.2, 0.25) is 0 Å². The lowest BCUT2D eigenvalue weighted by Gasteiger charge is -2.13. The molecule has 2 aromatic rings. The van der Waals surface area contributed by atoms with Crippen LogP contribution in [0.4, 0.5) is 0 Å². The maximum atomic E-state index is 5.60. The molecule has 0 radical (unpaired) electrons. The summed E-state index contributed by atoms with van der Waals surface area (Å²) in [5.41, 5.74) is 2.42. The summed E-state index contributed by atoms with van der Waals surface area (Å²) in [6.45, 7) is 9.81. The molecule has 1 aromatic heterocycles. The average Bonchev–Trinajstić information content (AvgIpc) is 3.25. The fourth-order valence-corrected chi connectivity index (χ4v) is 2.75. The summed E-state index contributed by atoms with van der Waals surface area (Å²) in [6.07, 6.45) is 6.04. The Labute approximate surface area is 197 Å². The molecular formula is C22H36IN5O2. The SMILES string of the molecule is CCCCOCCOCCNC(=NCc1ccccc1Cn1cccn1)NCC.I. The molecule has 1 aromatic carbocycles. The van der Waals surface area contributed by atoms with E-state index in [2.05, 4.69) is 47.8 Å². The quantitative estimate of drug-likeness (QED) is 0.170. The molecule has 0 fully saturated rings. The molecule has 0 bridgehead atoms. The predicted octanol–water partition coefficient (Wildman–Crippen LogP) is 3.44. The van der Waals surface area contributed by atoms with Crippen molar-refractivity contribution in [3.63, 3.8) is 0 Å². The van der Waals surface area contributed by atoms with Crippen LogP contribution in [0, 0.1) is 0 Å². The second-order valence-electron chi connectivity index (χ2n) is 6.67. The van der Waals surface area contributed by atoms with Crippen LogP contribution < -0.4 is 10.6 Å². The lowest BCUT2D eigenvalue weighted by molar-refractivity contribution is 0.0487. The molecule has 0 saturated heterocycles. The summed E-state index contributed by atoms with van der Waals surface area (Å²) in [4.78, 5) is 4.73. The summed E-state index contributed by atoms with van der Waals surface area (Å²) >= 11 is 0. The van der Waals surface area contributed by atoms with Gasteiger partial charge in [-0.1, -0.05) is 37.6 Å². The monoisotopic (exact) mass is 529 g/mol. The van der Waals surface area contributed by atoms with E-state index in [1.807, 2.05) is 23.0 Å². The molecule has 1 heterocycles. The van der Waals surface area contributed by atoms with Crippen molar-refractivity contribution < 1.29 is 9.47 Å². The highest BCUT2D eigenvalue weighted by atomic mass is 127. The average molecular weight is 529 g/mol. The van der Waals surface area contributed by atoms with Crippen LogP contribution in [0.15, 0.2) is 47.7 Å². The molecule has 0 aliphatic heterocycles. The second-order valence-corrected chi connectivity index (χ2v) is 6.67. The van der Waals surface area contributed by atoms with E-state index in [4.69, 9.17) is 14.5 Å². The number of aliphatic imine (C=N–C) groups is 1. The summed E-state index contributed by atoms with van der Waals surface area (Å²) in [5, 5.41) is 10.9. The zero-order chi connectivity index (χ0) is 20.6. The summed E-state index contributed by atoms with van der Waals surface area (Å²) < 4.78 is 13.0. The first-order valence-electron chi connectivity index (χ1n) is 10.5. The number of ether oxygens (including phenoxy) is 2. The minimum Gasteiger partial charge on any atom is -0.379 e. The van der Waals surface area contributed by atoms with Gasteiger partial charge in [-0.25, -0.2) is 4.99 Å². The van der Waals surface area contributed by atoms with E-state index in [0.717, 1.165) is 38.5 Å². The van der Waals surface area contributed by atoms with Crippen molar-refractivity contribution in [3.8, 4) is 0 Å². The second kappa shape index (κ2) is 17.1. The van der Waals surface area contributed by atoms with Crippen LogP contribution in [0.25, 0.3) is 0 Å². The van der Waals surface area contributed by atoms with Crippen LogP contribution in [0.3, 0.4) is 0 Å². The zero-order valence-corrected chi connectivity index (χ0v) is 20.5.